The molecule has 0 aliphatic carbocycles. The van der Waals surface area contributed by atoms with E-state index < -0.39 is 0 Å². The lowest BCUT2D eigenvalue weighted by Crippen LogP contribution is -2.40. The second-order valence-corrected chi connectivity index (χ2v) is 6.87. The van der Waals surface area contributed by atoms with Gasteiger partial charge in [0.15, 0.2) is 0 Å². The summed E-state index contributed by atoms with van der Waals surface area (Å²) in [6, 6.07) is 13.6. The van der Waals surface area contributed by atoms with E-state index >= 15 is 0 Å². The number of imidazole rings is 1. The van der Waals surface area contributed by atoms with Gasteiger partial charge in [-0.25, -0.2) is 4.98 Å². The van der Waals surface area contributed by atoms with Crippen molar-refractivity contribution in [1.82, 2.24) is 19.6 Å². The molecule has 0 radical (unpaired) electrons. The lowest BCUT2D eigenvalue weighted by atomic mass is 10.1. The Morgan fingerprint density at radius 2 is 2.22 bits per heavy atom. The van der Waals surface area contributed by atoms with Crippen molar-refractivity contribution >= 4 is 11.6 Å². The Labute approximate surface area is 158 Å². The molecule has 4 rings (SSSR count). The molecule has 0 spiro atoms. The minimum atomic E-state index is 0.0749. The first kappa shape index (κ1) is 17.5. The van der Waals surface area contributed by atoms with Crippen LogP contribution in [0, 0.1) is 0 Å². The molecule has 0 bridgehead atoms. The highest BCUT2D eigenvalue weighted by atomic mass is 16.5. The van der Waals surface area contributed by atoms with E-state index in [0.29, 0.717) is 17.9 Å². The van der Waals surface area contributed by atoms with Crippen molar-refractivity contribution in [3.05, 3.63) is 66.1 Å². The van der Waals surface area contributed by atoms with Crippen molar-refractivity contribution in [2.45, 2.75) is 25.5 Å². The number of carbonyl (C=O) groups is 1. The van der Waals surface area contributed by atoms with Crippen molar-refractivity contribution in [3.8, 4) is 5.75 Å². The van der Waals surface area contributed by atoms with Crippen LogP contribution in [0.1, 0.15) is 28.9 Å². The summed E-state index contributed by atoms with van der Waals surface area (Å²) in [6.45, 7) is 2.01. The van der Waals surface area contributed by atoms with E-state index in [4.69, 9.17) is 4.74 Å². The summed E-state index contributed by atoms with van der Waals surface area (Å²) in [5.74, 6) is 0.758. The minimum absolute atomic E-state index is 0.0749. The molecular weight excluding hydrogens is 340 g/mol. The van der Waals surface area contributed by atoms with Crippen molar-refractivity contribution in [2.75, 3.05) is 20.1 Å². The monoisotopic (exact) mass is 364 g/mol. The number of carbonyl (C=O) groups excluding carboxylic acids is 1. The number of hydrogen-bond acceptors (Lipinski definition) is 4. The summed E-state index contributed by atoms with van der Waals surface area (Å²) < 4.78 is 7.86. The number of pyridine rings is 1. The fraction of sp³-hybridized carbons (Fsp3) is 0.333. The molecule has 1 amide bonds. The molecule has 6 nitrogen and oxygen atoms in total. The van der Waals surface area contributed by atoms with Crippen molar-refractivity contribution < 1.29 is 9.53 Å². The van der Waals surface area contributed by atoms with E-state index in [1.54, 1.807) is 0 Å². The number of fused-ring (bicyclic) bond motifs is 1. The normalized spacial score (nSPS) is 16.8. The molecular formula is C21H24N4O2. The van der Waals surface area contributed by atoms with Gasteiger partial charge in [0.2, 0.25) is 0 Å². The van der Waals surface area contributed by atoms with Crippen LogP contribution in [-0.4, -0.2) is 46.4 Å². The second kappa shape index (κ2) is 7.80. The number of hydrogen-bond donors (Lipinski definition) is 1. The molecule has 3 heterocycles. The van der Waals surface area contributed by atoms with Gasteiger partial charge in [-0.05, 0) is 50.2 Å². The maximum Gasteiger partial charge on any atom is 0.254 e. The van der Waals surface area contributed by atoms with Gasteiger partial charge in [-0.15, -0.1) is 0 Å². The van der Waals surface area contributed by atoms with Crippen LogP contribution in [0.25, 0.3) is 5.65 Å². The smallest absolute Gasteiger partial charge is 0.254 e. The maximum absolute atomic E-state index is 12.9. The molecule has 1 N–H and O–H groups in total. The van der Waals surface area contributed by atoms with Crippen molar-refractivity contribution in [2.24, 2.45) is 0 Å². The minimum Gasteiger partial charge on any atom is -0.487 e. The quantitative estimate of drug-likeness (QED) is 0.731. The summed E-state index contributed by atoms with van der Waals surface area (Å²) in [7, 11) is 1.93. The number of amides is 1. The van der Waals surface area contributed by atoms with Gasteiger partial charge in [-0.1, -0.05) is 12.1 Å². The van der Waals surface area contributed by atoms with Crippen LogP contribution in [0.2, 0.25) is 0 Å². The molecule has 140 valence electrons. The highest BCUT2D eigenvalue weighted by molar-refractivity contribution is 5.95. The molecule has 1 aliphatic rings. The van der Waals surface area contributed by atoms with Gasteiger partial charge in [-0.2, -0.15) is 0 Å². The molecule has 27 heavy (non-hydrogen) atoms. The number of nitrogens with one attached hydrogen (secondary N) is 1. The molecule has 1 saturated heterocycles. The van der Waals surface area contributed by atoms with Gasteiger partial charge < -0.3 is 19.4 Å². The van der Waals surface area contributed by atoms with Gasteiger partial charge in [-0.3, -0.25) is 4.79 Å². The summed E-state index contributed by atoms with van der Waals surface area (Å²) in [5.41, 5.74) is 2.42. The first-order valence-corrected chi connectivity index (χ1v) is 9.35. The second-order valence-electron chi connectivity index (χ2n) is 6.87. The van der Waals surface area contributed by atoms with Crippen LogP contribution < -0.4 is 10.1 Å². The Morgan fingerprint density at radius 3 is 3.07 bits per heavy atom. The summed E-state index contributed by atoms with van der Waals surface area (Å²) in [5, 5.41) is 3.18. The van der Waals surface area contributed by atoms with Gasteiger partial charge in [0, 0.05) is 37.1 Å². The Morgan fingerprint density at radius 1 is 1.30 bits per heavy atom. The van der Waals surface area contributed by atoms with E-state index in [1.165, 1.54) is 0 Å². The third kappa shape index (κ3) is 3.80. The average Bonchev–Trinajstić information content (AvgIpc) is 3.33. The zero-order chi connectivity index (χ0) is 18.6. The van der Waals surface area contributed by atoms with E-state index in [1.807, 2.05) is 71.2 Å². The van der Waals surface area contributed by atoms with Gasteiger partial charge in [0.05, 0.1) is 5.69 Å². The van der Waals surface area contributed by atoms with Crippen LogP contribution in [0.5, 0.6) is 5.75 Å². The maximum atomic E-state index is 12.9. The van der Waals surface area contributed by atoms with Crippen molar-refractivity contribution in [3.63, 3.8) is 0 Å². The van der Waals surface area contributed by atoms with Gasteiger partial charge >= 0.3 is 0 Å². The molecule has 0 unspecified atom stereocenters. The fourth-order valence-corrected chi connectivity index (χ4v) is 3.65. The number of ether oxygens (including phenoxy) is 1. The summed E-state index contributed by atoms with van der Waals surface area (Å²) >= 11 is 0. The Kier molecular flexibility index (Phi) is 5.07. The first-order chi connectivity index (χ1) is 13.2. The molecule has 1 fully saturated rings. The highest BCUT2D eigenvalue weighted by Gasteiger charge is 2.28. The van der Waals surface area contributed by atoms with E-state index in [0.717, 1.165) is 37.3 Å². The molecule has 1 atom stereocenters. The number of benzene rings is 1. The molecule has 2 aromatic heterocycles. The lowest BCUT2D eigenvalue weighted by molar-refractivity contribution is 0.0736. The van der Waals surface area contributed by atoms with Crippen LogP contribution in [0.4, 0.5) is 0 Å². The third-order valence-electron chi connectivity index (χ3n) is 4.96. The Hall–Kier alpha value is -2.86. The standard InChI is InChI=1S/C21H24N4O2/c1-22-13-18-7-5-11-25(18)21(26)16-6-4-8-19(12-16)27-15-17-14-24-10-3-2-9-20(24)23-17/h2-4,6,8-10,12,14,18,22H,5,7,11,13,15H2,1H3/t18-/m0/s1. The Balaban J connectivity index is 1.45. The number of likely N-dealkylation sites (N-methyl/N-ethyl adjacent to an activating group) is 1. The van der Waals surface area contributed by atoms with Crippen molar-refractivity contribution in [1.29, 1.82) is 0 Å². The van der Waals surface area contributed by atoms with Gasteiger partial charge in [0.25, 0.3) is 5.91 Å². The fourth-order valence-electron chi connectivity index (χ4n) is 3.65. The van der Waals surface area contributed by atoms with Crippen LogP contribution >= 0.6 is 0 Å². The molecule has 1 aromatic carbocycles. The van der Waals surface area contributed by atoms with Crippen LogP contribution in [-0.2, 0) is 6.61 Å². The zero-order valence-corrected chi connectivity index (χ0v) is 15.5. The summed E-state index contributed by atoms with van der Waals surface area (Å²) in [4.78, 5) is 19.4. The van der Waals surface area contributed by atoms with E-state index in [9.17, 15) is 4.79 Å². The molecule has 1 aliphatic heterocycles. The first-order valence-electron chi connectivity index (χ1n) is 9.35. The van der Waals surface area contributed by atoms with Crippen LogP contribution in [0.15, 0.2) is 54.9 Å². The van der Waals surface area contributed by atoms with Gasteiger partial charge in [0.1, 0.15) is 18.0 Å². The number of rotatable bonds is 6. The average molecular weight is 364 g/mol. The van der Waals surface area contributed by atoms with E-state index in [2.05, 4.69) is 10.3 Å². The predicted octanol–water partition coefficient (Wildman–Crippen LogP) is 2.74. The molecule has 6 heteroatoms. The zero-order valence-electron chi connectivity index (χ0n) is 15.5. The van der Waals surface area contributed by atoms with Crippen LogP contribution in [0.3, 0.4) is 0 Å². The largest absolute Gasteiger partial charge is 0.487 e. The predicted molar refractivity (Wildman–Crippen MR) is 104 cm³/mol. The highest BCUT2D eigenvalue weighted by Crippen LogP contribution is 2.22. The molecule has 3 aromatic rings. The topological polar surface area (TPSA) is 58.9 Å². The number of nitrogens with zero attached hydrogens (tertiary/aromatic N) is 3. The summed E-state index contributed by atoms with van der Waals surface area (Å²) in [6.07, 6.45) is 6.03. The number of likely N-dealkylation sites (tertiary alicyclic amines) is 1. The van der Waals surface area contributed by atoms with E-state index in [-0.39, 0.29) is 11.9 Å². The lowest BCUT2D eigenvalue weighted by Gasteiger charge is -2.24. The third-order valence-corrected chi connectivity index (χ3v) is 4.96. The Bertz CT molecular complexity index is 904. The molecule has 0 saturated carbocycles. The number of aromatic nitrogens is 2. The SMILES string of the molecule is CNC[C@@H]1CCCN1C(=O)c1cccc(OCc2cn3ccccc3n2)c1.